The van der Waals surface area contributed by atoms with E-state index in [1.807, 2.05) is 0 Å². The molecule has 0 unspecified atom stereocenters. The topological polar surface area (TPSA) is 101 Å². The Hall–Kier alpha value is -4.39. The fourth-order valence-corrected chi connectivity index (χ4v) is 3.52. The molecule has 0 radical (unpaired) electrons. The Morgan fingerprint density at radius 3 is 2.37 bits per heavy atom. The van der Waals surface area contributed by atoms with Crippen molar-refractivity contribution in [1.82, 2.24) is 4.57 Å². The molecule has 0 aliphatic carbocycles. The van der Waals surface area contributed by atoms with E-state index in [-0.39, 0.29) is 23.2 Å². The summed E-state index contributed by atoms with van der Waals surface area (Å²) in [4.78, 5) is 36.5. The summed E-state index contributed by atoms with van der Waals surface area (Å²) < 4.78 is 45.9. The lowest BCUT2D eigenvalue weighted by Crippen LogP contribution is -2.15. The first kappa shape index (κ1) is 25.2. The Bertz CT molecular complexity index is 1320. The number of hydrogen-bond acceptors (Lipinski definition) is 5. The minimum Gasteiger partial charge on any atom is -0.454 e. The molecule has 0 saturated carbocycles. The number of rotatable bonds is 7. The molecule has 0 bridgehead atoms. The smallest absolute Gasteiger partial charge is 0.416 e. The van der Waals surface area contributed by atoms with Crippen molar-refractivity contribution in [2.45, 2.75) is 26.4 Å². The number of anilines is 1. The number of esters is 1. The molecule has 1 N–H and O–H groups in total. The molecule has 1 amide bonds. The molecule has 3 rings (SSSR count). The predicted molar refractivity (Wildman–Crippen MR) is 120 cm³/mol. The maximum absolute atomic E-state index is 13.1. The van der Waals surface area contributed by atoms with E-state index in [2.05, 4.69) is 5.32 Å². The van der Waals surface area contributed by atoms with Gasteiger partial charge in [-0.2, -0.15) is 18.4 Å². The van der Waals surface area contributed by atoms with Gasteiger partial charge in [0.15, 0.2) is 6.61 Å². The zero-order valence-electron chi connectivity index (χ0n) is 18.8. The number of aromatic nitrogens is 1. The molecular weight excluding hydrogens is 463 g/mol. The van der Waals surface area contributed by atoms with Crippen molar-refractivity contribution >= 4 is 23.3 Å². The van der Waals surface area contributed by atoms with Crippen molar-refractivity contribution in [2.75, 3.05) is 11.9 Å². The van der Waals surface area contributed by atoms with Gasteiger partial charge in [0, 0.05) is 28.3 Å². The second-order valence-corrected chi connectivity index (χ2v) is 7.63. The first-order valence-corrected chi connectivity index (χ1v) is 10.3. The lowest BCUT2D eigenvalue weighted by molar-refractivity contribution is -0.137. The van der Waals surface area contributed by atoms with E-state index in [1.165, 1.54) is 47.0 Å². The first-order valence-electron chi connectivity index (χ1n) is 10.3. The van der Waals surface area contributed by atoms with Crippen molar-refractivity contribution in [2.24, 2.45) is 0 Å². The molecule has 2 aromatic carbocycles. The van der Waals surface area contributed by atoms with E-state index >= 15 is 0 Å². The summed E-state index contributed by atoms with van der Waals surface area (Å²) >= 11 is 0. The number of carbonyl (C=O) groups is 3. The first-order chi connectivity index (χ1) is 16.5. The van der Waals surface area contributed by atoms with Gasteiger partial charge in [-0.05, 0) is 62.4 Å². The third kappa shape index (κ3) is 5.95. The Labute approximate surface area is 198 Å². The van der Waals surface area contributed by atoms with Gasteiger partial charge in [0.05, 0.1) is 17.2 Å². The van der Waals surface area contributed by atoms with Crippen LogP contribution in [0.1, 0.15) is 44.1 Å². The number of ether oxygens (including phenoxy) is 1. The number of carbonyl (C=O) groups excluding carboxylic acids is 3. The van der Waals surface area contributed by atoms with Crippen molar-refractivity contribution in [3.8, 4) is 11.8 Å². The summed E-state index contributed by atoms with van der Waals surface area (Å²) in [6.07, 6.45) is -4.81. The molecule has 7 nitrogen and oxygen atoms in total. The molecule has 0 saturated heterocycles. The Morgan fingerprint density at radius 2 is 1.74 bits per heavy atom. The number of Topliss-reactive ketones (excluding diaryl/α,β-unsaturated/α-hetero) is 1. The number of alkyl halides is 3. The van der Waals surface area contributed by atoms with Crippen LogP contribution in [0.4, 0.5) is 18.9 Å². The van der Waals surface area contributed by atoms with E-state index in [1.54, 1.807) is 19.9 Å². The van der Waals surface area contributed by atoms with Gasteiger partial charge in [-0.25, -0.2) is 4.79 Å². The van der Waals surface area contributed by atoms with Crippen molar-refractivity contribution in [3.63, 3.8) is 0 Å². The van der Waals surface area contributed by atoms with Gasteiger partial charge in [-0.3, -0.25) is 9.59 Å². The second kappa shape index (κ2) is 10.3. The quantitative estimate of drug-likeness (QED) is 0.376. The lowest BCUT2D eigenvalue weighted by atomic mass is 10.1. The molecule has 0 spiro atoms. The van der Waals surface area contributed by atoms with Crippen LogP contribution in [0.5, 0.6) is 0 Å². The highest BCUT2D eigenvalue weighted by atomic mass is 19.4. The minimum absolute atomic E-state index is 0.144. The van der Waals surface area contributed by atoms with E-state index in [0.29, 0.717) is 17.1 Å². The van der Waals surface area contributed by atoms with Crippen LogP contribution in [0.25, 0.3) is 5.69 Å². The third-order valence-corrected chi connectivity index (χ3v) is 5.14. The van der Waals surface area contributed by atoms with Crippen molar-refractivity contribution in [3.05, 3.63) is 82.7 Å². The number of nitrogens with one attached hydrogen (secondary N) is 1. The van der Waals surface area contributed by atoms with Crippen LogP contribution >= 0.6 is 0 Å². The summed E-state index contributed by atoms with van der Waals surface area (Å²) in [5.74, 6) is -1.76. The standard InChI is InChI=1S/C25H20F3N3O4/c1-15-12-21(16(2)31(15)20-5-3-4-18(13-20)25(26,27)28)22(32)14-35-24(34)17-6-8-19(9-7-17)30-23(33)10-11-29/h3-9,12-13H,10,14H2,1-2H3,(H,30,33). The highest BCUT2D eigenvalue weighted by Gasteiger charge is 2.31. The molecule has 10 heteroatoms. The number of amides is 1. The van der Waals surface area contributed by atoms with E-state index in [4.69, 9.17) is 10.00 Å². The monoisotopic (exact) mass is 483 g/mol. The molecule has 0 aliphatic rings. The van der Waals surface area contributed by atoms with Crippen molar-refractivity contribution < 1.29 is 32.3 Å². The SMILES string of the molecule is Cc1cc(C(=O)COC(=O)c2ccc(NC(=O)CC#N)cc2)c(C)n1-c1cccc(C(F)(F)F)c1. The van der Waals surface area contributed by atoms with Crippen LogP contribution in [0.15, 0.2) is 54.6 Å². The largest absolute Gasteiger partial charge is 0.454 e. The van der Waals surface area contributed by atoms with Gasteiger partial charge in [0.2, 0.25) is 11.7 Å². The molecule has 0 fully saturated rings. The zero-order chi connectivity index (χ0) is 25.8. The van der Waals surface area contributed by atoms with Crippen LogP contribution in [0.2, 0.25) is 0 Å². The van der Waals surface area contributed by atoms with Gasteiger partial charge >= 0.3 is 12.1 Å². The van der Waals surface area contributed by atoms with Gasteiger partial charge in [-0.15, -0.1) is 0 Å². The molecule has 1 aromatic heterocycles. The molecule has 3 aromatic rings. The van der Waals surface area contributed by atoms with Crippen LogP contribution in [0.3, 0.4) is 0 Å². The normalized spacial score (nSPS) is 11.0. The maximum Gasteiger partial charge on any atom is 0.416 e. The average Bonchev–Trinajstić information content (AvgIpc) is 3.11. The van der Waals surface area contributed by atoms with Gasteiger partial charge in [0.1, 0.15) is 6.42 Å². The summed E-state index contributed by atoms with van der Waals surface area (Å²) in [6, 6.07) is 13.7. The molecule has 1 heterocycles. The second-order valence-electron chi connectivity index (χ2n) is 7.63. The summed E-state index contributed by atoms with van der Waals surface area (Å²) in [5, 5.41) is 11.0. The molecule has 0 atom stereocenters. The van der Waals surface area contributed by atoms with E-state index < -0.39 is 36.0 Å². The fraction of sp³-hybridized carbons (Fsp3) is 0.200. The Balaban J connectivity index is 1.70. The third-order valence-electron chi connectivity index (χ3n) is 5.14. The Kier molecular flexibility index (Phi) is 7.40. The van der Waals surface area contributed by atoms with Crippen LogP contribution in [-0.2, 0) is 15.7 Å². The minimum atomic E-state index is -4.50. The predicted octanol–water partition coefficient (Wildman–Crippen LogP) is 5.00. The summed E-state index contributed by atoms with van der Waals surface area (Å²) in [6.45, 7) is 2.70. The highest BCUT2D eigenvalue weighted by molar-refractivity contribution is 6.00. The van der Waals surface area contributed by atoms with E-state index in [0.717, 1.165) is 12.1 Å². The lowest BCUT2D eigenvalue weighted by Gasteiger charge is -2.13. The number of nitrogens with zero attached hydrogens (tertiary/aromatic N) is 2. The zero-order valence-corrected chi connectivity index (χ0v) is 18.8. The molecule has 0 aliphatic heterocycles. The van der Waals surface area contributed by atoms with Crippen LogP contribution < -0.4 is 5.32 Å². The number of ketones is 1. The van der Waals surface area contributed by atoms with Crippen LogP contribution in [-0.4, -0.2) is 28.8 Å². The van der Waals surface area contributed by atoms with Crippen LogP contribution in [0, 0.1) is 25.2 Å². The van der Waals surface area contributed by atoms with Crippen molar-refractivity contribution in [1.29, 1.82) is 5.26 Å². The average molecular weight is 483 g/mol. The number of benzene rings is 2. The van der Waals surface area contributed by atoms with Gasteiger partial charge < -0.3 is 14.6 Å². The number of aryl methyl sites for hydroxylation is 1. The number of nitriles is 1. The van der Waals surface area contributed by atoms with Gasteiger partial charge in [0.25, 0.3) is 0 Å². The maximum atomic E-state index is 13.1. The summed E-state index contributed by atoms with van der Waals surface area (Å²) in [5.41, 5.74) is 1.17. The number of hydrogen-bond donors (Lipinski definition) is 1. The summed E-state index contributed by atoms with van der Waals surface area (Å²) in [7, 11) is 0. The van der Waals surface area contributed by atoms with Gasteiger partial charge in [-0.1, -0.05) is 6.07 Å². The molecule has 35 heavy (non-hydrogen) atoms. The Morgan fingerprint density at radius 1 is 1.06 bits per heavy atom. The van der Waals surface area contributed by atoms with E-state index in [9.17, 15) is 27.6 Å². The molecular formula is C25H20F3N3O4. The fourth-order valence-electron chi connectivity index (χ4n) is 3.52. The highest BCUT2D eigenvalue weighted by Crippen LogP contribution is 2.31. The molecule has 180 valence electrons. The number of halogens is 3.